The van der Waals surface area contributed by atoms with Crippen LogP contribution in [-0.2, 0) is 16.0 Å². The van der Waals surface area contributed by atoms with E-state index < -0.39 is 0 Å². The van der Waals surface area contributed by atoms with E-state index in [0.29, 0.717) is 44.3 Å². The van der Waals surface area contributed by atoms with Crippen molar-refractivity contribution in [3.05, 3.63) is 11.7 Å². The summed E-state index contributed by atoms with van der Waals surface area (Å²) in [6.45, 7) is 4.79. The van der Waals surface area contributed by atoms with Gasteiger partial charge in [0.2, 0.25) is 11.8 Å². The summed E-state index contributed by atoms with van der Waals surface area (Å²) in [7, 11) is 0. The Bertz CT molecular complexity index is 464. The van der Waals surface area contributed by atoms with Crippen LogP contribution in [0.2, 0.25) is 0 Å². The highest BCUT2D eigenvalue weighted by molar-refractivity contribution is 5.76. The summed E-state index contributed by atoms with van der Waals surface area (Å²) in [5, 5.41) is 3.97. The maximum atomic E-state index is 11.5. The van der Waals surface area contributed by atoms with Gasteiger partial charge in [-0.15, -0.1) is 0 Å². The third-order valence-electron chi connectivity index (χ3n) is 3.89. The van der Waals surface area contributed by atoms with Crippen LogP contribution < -0.4 is 0 Å². The van der Waals surface area contributed by atoms with Crippen LogP contribution in [-0.4, -0.2) is 47.3 Å². The lowest BCUT2D eigenvalue weighted by atomic mass is 10.00. The largest absolute Gasteiger partial charge is 0.381 e. The molecule has 0 aromatic carbocycles. The van der Waals surface area contributed by atoms with Crippen LogP contribution in [0.3, 0.4) is 0 Å². The summed E-state index contributed by atoms with van der Waals surface area (Å²) in [4.78, 5) is 17.7. The minimum atomic E-state index is 0.189. The van der Waals surface area contributed by atoms with Gasteiger partial charge in [0.05, 0.1) is 12.5 Å². The fourth-order valence-electron chi connectivity index (χ4n) is 2.29. The van der Waals surface area contributed by atoms with E-state index in [1.54, 1.807) is 0 Å². The molecule has 6 nitrogen and oxygen atoms in total. The summed E-state index contributed by atoms with van der Waals surface area (Å²) in [5.74, 6) is 2.54. The standard InChI is InChI=1S/C14H21N3O3/c1-2-13(18)17-7-11(8-17)14-15-12(16-20-14)5-6-19-9-10-3-4-10/h10-11H,2-9H2,1H3. The van der Waals surface area contributed by atoms with Crippen molar-refractivity contribution in [2.45, 2.75) is 38.5 Å². The van der Waals surface area contributed by atoms with Crippen molar-refractivity contribution >= 4 is 5.91 Å². The lowest BCUT2D eigenvalue weighted by Gasteiger charge is -2.36. The van der Waals surface area contributed by atoms with Crippen molar-refractivity contribution in [2.75, 3.05) is 26.3 Å². The van der Waals surface area contributed by atoms with Gasteiger partial charge in [-0.3, -0.25) is 4.79 Å². The van der Waals surface area contributed by atoms with Crippen LogP contribution in [0.1, 0.15) is 43.8 Å². The number of hydrogen-bond acceptors (Lipinski definition) is 5. The van der Waals surface area contributed by atoms with Crippen LogP contribution >= 0.6 is 0 Å². The van der Waals surface area contributed by atoms with E-state index in [0.717, 1.165) is 12.5 Å². The van der Waals surface area contributed by atoms with Crippen molar-refractivity contribution in [3.8, 4) is 0 Å². The van der Waals surface area contributed by atoms with Gasteiger partial charge < -0.3 is 14.2 Å². The van der Waals surface area contributed by atoms with E-state index >= 15 is 0 Å². The molecule has 3 rings (SSSR count). The van der Waals surface area contributed by atoms with Crippen LogP contribution in [0.15, 0.2) is 4.52 Å². The number of amides is 1. The molecule has 6 heteroatoms. The molecule has 1 aromatic heterocycles. The number of ether oxygens (including phenoxy) is 1. The van der Waals surface area contributed by atoms with Gasteiger partial charge in [-0.25, -0.2) is 0 Å². The van der Waals surface area contributed by atoms with Crippen LogP contribution in [0, 0.1) is 5.92 Å². The van der Waals surface area contributed by atoms with Crippen molar-refractivity contribution in [1.29, 1.82) is 0 Å². The smallest absolute Gasteiger partial charge is 0.233 e. The quantitative estimate of drug-likeness (QED) is 0.705. The number of likely N-dealkylation sites (tertiary alicyclic amines) is 1. The highest BCUT2D eigenvalue weighted by Gasteiger charge is 2.34. The van der Waals surface area contributed by atoms with E-state index in [9.17, 15) is 4.79 Å². The molecule has 2 fully saturated rings. The Morgan fingerprint density at radius 3 is 2.95 bits per heavy atom. The monoisotopic (exact) mass is 279 g/mol. The van der Waals surface area contributed by atoms with E-state index in [4.69, 9.17) is 9.26 Å². The molecule has 2 heterocycles. The number of carbonyl (C=O) groups excluding carboxylic acids is 1. The molecule has 1 aromatic rings. The number of hydrogen-bond donors (Lipinski definition) is 0. The second kappa shape index (κ2) is 5.91. The van der Waals surface area contributed by atoms with E-state index in [2.05, 4.69) is 10.1 Å². The number of nitrogens with zero attached hydrogens (tertiary/aromatic N) is 3. The fraction of sp³-hybridized carbons (Fsp3) is 0.786. The minimum absolute atomic E-state index is 0.189. The molecular formula is C14H21N3O3. The topological polar surface area (TPSA) is 68.5 Å². The van der Waals surface area contributed by atoms with Crippen LogP contribution in [0.4, 0.5) is 0 Å². The molecule has 0 spiro atoms. The number of aromatic nitrogens is 2. The van der Waals surface area contributed by atoms with Gasteiger partial charge in [0.1, 0.15) is 0 Å². The fourth-order valence-corrected chi connectivity index (χ4v) is 2.29. The molecule has 2 aliphatic rings. The van der Waals surface area contributed by atoms with Gasteiger partial charge in [-0.05, 0) is 18.8 Å². The summed E-state index contributed by atoms with van der Waals surface area (Å²) in [5.41, 5.74) is 0. The van der Waals surface area contributed by atoms with Gasteiger partial charge in [-0.1, -0.05) is 12.1 Å². The second-order valence-electron chi connectivity index (χ2n) is 5.67. The molecule has 0 unspecified atom stereocenters. The minimum Gasteiger partial charge on any atom is -0.381 e. The summed E-state index contributed by atoms with van der Waals surface area (Å²) < 4.78 is 10.8. The molecule has 0 N–H and O–H groups in total. The zero-order valence-electron chi connectivity index (χ0n) is 11.9. The molecule has 1 aliphatic carbocycles. The van der Waals surface area contributed by atoms with Gasteiger partial charge in [-0.2, -0.15) is 4.98 Å². The SMILES string of the molecule is CCC(=O)N1CC(c2nc(CCOCC3CC3)no2)C1. The van der Waals surface area contributed by atoms with Crippen molar-refractivity contribution < 1.29 is 14.1 Å². The lowest BCUT2D eigenvalue weighted by Crippen LogP contribution is -2.48. The first-order valence-corrected chi connectivity index (χ1v) is 7.44. The Morgan fingerprint density at radius 2 is 2.25 bits per heavy atom. The number of rotatable bonds is 7. The Hall–Kier alpha value is -1.43. The Labute approximate surface area is 118 Å². The Balaban J connectivity index is 1.39. The Morgan fingerprint density at radius 1 is 1.45 bits per heavy atom. The molecule has 0 bridgehead atoms. The summed E-state index contributed by atoms with van der Waals surface area (Å²) >= 11 is 0. The second-order valence-corrected chi connectivity index (χ2v) is 5.67. The predicted octanol–water partition coefficient (Wildman–Crippen LogP) is 1.37. The van der Waals surface area contributed by atoms with E-state index in [-0.39, 0.29) is 11.8 Å². The van der Waals surface area contributed by atoms with Gasteiger partial charge >= 0.3 is 0 Å². The molecule has 1 saturated carbocycles. The molecule has 20 heavy (non-hydrogen) atoms. The van der Waals surface area contributed by atoms with Crippen LogP contribution in [0.25, 0.3) is 0 Å². The molecule has 1 saturated heterocycles. The van der Waals surface area contributed by atoms with Gasteiger partial charge in [0, 0.05) is 32.5 Å². The normalized spacial score (nSPS) is 19.1. The molecule has 110 valence electrons. The maximum Gasteiger partial charge on any atom is 0.233 e. The average molecular weight is 279 g/mol. The van der Waals surface area contributed by atoms with Crippen molar-refractivity contribution in [1.82, 2.24) is 15.0 Å². The Kier molecular flexibility index (Phi) is 4.00. The first-order chi connectivity index (χ1) is 9.76. The molecule has 0 radical (unpaired) electrons. The van der Waals surface area contributed by atoms with Crippen LogP contribution in [0.5, 0.6) is 0 Å². The predicted molar refractivity (Wildman–Crippen MR) is 71.2 cm³/mol. The highest BCUT2D eigenvalue weighted by atomic mass is 16.5. The van der Waals surface area contributed by atoms with Gasteiger partial charge in [0.25, 0.3) is 0 Å². The third kappa shape index (κ3) is 3.17. The molecule has 0 atom stereocenters. The summed E-state index contributed by atoms with van der Waals surface area (Å²) in [6, 6.07) is 0. The zero-order chi connectivity index (χ0) is 13.9. The maximum absolute atomic E-state index is 11.5. The molecular weight excluding hydrogens is 258 g/mol. The summed E-state index contributed by atoms with van der Waals surface area (Å²) in [6.07, 6.45) is 3.86. The lowest BCUT2D eigenvalue weighted by molar-refractivity contribution is -0.135. The zero-order valence-corrected chi connectivity index (χ0v) is 11.9. The molecule has 1 amide bonds. The number of carbonyl (C=O) groups is 1. The molecule has 1 aliphatic heterocycles. The first-order valence-electron chi connectivity index (χ1n) is 7.44. The first kappa shape index (κ1) is 13.5. The third-order valence-corrected chi connectivity index (χ3v) is 3.89. The average Bonchev–Trinajstić information content (AvgIpc) is 3.12. The van der Waals surface area contributed by atoms with Crippen molar-refractivity contribution in [3.63, 3.8) is 0 Å². The highest BCUT2D eigenvalue weighted by Crippen LogP contribution is 2.29. The van der Waals surface area contributed by atoms with E-state index in [1.807, 2.05) is 11.8 Å². The van der Waals surface area contributed by atoms with Crippen molar-refractivity contribution in [2.24, 2.45) is 5.92 Å². The van der Waals surface area contributed by atoms with E-state index in [1.165, 1.54) is 12.8 Å². The van der Waals surface area contributed by atoms with Gasteiger partial charge in [0.15, 0.2) is 5.82 Å².